The predicted molar refractivity (Wildman–Crippen MR) is 88.3 cm³/mol. The van der Waals surface area contributed by atoms with Crippen LogP contribution in [0.4, 0.5) is 4.39 Å². The number of carbonyl (C=O) groups excluding carboxylic acids is 1. The van der Waals surface area contributed by atoms with Crippen LogP contribution < -0.4 is 5.32 Å². The summed E-state index contributed by atoms with van der Waals surface area (Å²) in [6, 6.07) is 11.4. The number of carbonyl (C=O) groups is 1. The zero-order valence-corrected chi connectivity index (χ0v) is 13.0. The lowest BCUT2D eigenvalue weighted by Gasteiger charge is -2.05. The standard InChI is InChI=1S/C18H13FN4O2/c19-13-4-1-3-12(9-13)16-6-7-20-17-15(11-22-23(16)17)18(24)21-10-14-5-2-8-25-14/h1-9,11H,10H2,(H,21,24). The smallest absolute Gasteiger partial charge is 0.257 e. The van der Waals surface area contributed by atoms with Crippen molar-refractivity contribution in [3.8, 4) is 11.3 Å². The quantitative estimate of drug-likeness (QED) is 0.622. The number of hydrogen-bond acceptors (Lipinski definition) is 4. The van der Waals surface area contributed by atoms with Gasteiger partial charge in [-0.15, -0.1) is 0 Å². The molecule has 0 aliphatic heterocycles. The Morgan fingerprint density at radius 3 is 2.96 bits per heavy atom. The van der Waals surface area contributed by atoms with Gasteiger partial charge in [0.2, 0.25) is 0 Å². The molecule has 0 atom stereocenters. The van der Waals surface area contributed by atoms with Crippen LogP contribution in [0.25, 0.3) is 16.9 Å². The number of aromatic nitrogens is 3. The molecule has 4 aromatic rings. The topological polar surface area (TPSA) is 72.4 Å². The summed E-state index contributed by atoms with van der Waals surface area (Å²) in [6.07, 6.45) is 4.56. The van der Waals surface area contributed by atoms with Crippen molar-refractivity contribution in [2.24, 2.45) is 0 Å². The highest BCUT2D eigenvalue weighted by Crippen LogP contribution is 2.21. The van der Waals surface area contributed by atoms with Crippen molar-refractivity contribution in [1.29, 1.82) is 0 Å². The van der Waals surface area contributed by atoms with Crippen LogP contribution in [0.2, 0.25) is 0 Å². The molecule has 0 saturated heterocycles. The summed E-state index contributed by atoms with van der Waals surface area (Å²) in [5.74, 6) is -0.000409. The average Bonchev–Trinajstić information content (AvgIpc) is 3.29. The molecule has 0 saturated carbocycles. The van der Waals surface area contributed by atoms with Gasteiger partial charge in [-0.05, 0) is 30.3 Å². The molecule has 4 rings (SSSR count). The second-order valence-electron chi connectivity index (χ2n) is 5.40. The largest absolute Gasteiger partial charge is 0.467 e. The first-order valence-electron chi connectivity index (χ1n) is 7.61. The number of furan rings is 1. The Kier molecular flexibility index (Phi) is 3.74. The summed E-state index contributed by atoms with van der Waals surface area (Å²) in [5, 5.41) is 7.00. The van der Waals surface area contributed by atoms with E-state index < -0.39 is 0 Å². The van der Waals surface area contributed by atoms with E-state index in [1.807, 2.05) is 0 Å². The first-order chi connectivity index (χ1) is 12.2. The first-order valence-corrected chi connectivity index (χ1v) is 7.61. The third-order valence-electron chi connectivity index (χ3n) is 3.77. The van der Waals surface area contributed by atoms with Crippen molar-refractivity contribution in [1.82, 2.24) is 19.9 Å². The molecule has 124 valence electrons. The maximum Gasteiger partial charge on any atom is 0.257 e. The molecule has 1 amide bonds. The molecule has 1 aromatic carbocycles. The summed E-state index contributed by atoms with van der Waals surface area (Å²) in [6.45, 7) is 0.271. The number of amides is 1. The van der Waals surface area contributed by atoms with Gasteiger partial charge in [-0.1, -0.05) is 12.1 Å². The molecule has 0 radical (unpaired) electrons. The third-order valence-corrected chi connectivity index (χ3v) is 3.77. The SMILES string of the molecule is O=C(NCc1ccco1)c1cnn2c(-c3cccc(F)c3)ccnc12. The Bertz CT molecular complexity index is 1040. The highest BCUT2D eigenvalue weighted by molar-refractivity contribution is 5.99. The second-order valence-corrected chi connectivity index (χ2v) is 5.40. The van der Waals surface area contributed by atoms with Crippen LogP contribution in [0.3, 0.4) is 0 Å². The summed E-state index contributed by atoms with van der Waals surface area (Å²) < 4.78 is 20.2. The molecule has 1 N–H and O–H groups in total. The molecule has 0 unspecified atom stereocenters. The molecule has 3 heterocycles. The molecule has 0 aliphatic rings. The van der Waals surface area contributed by atoms with Gasteiger partial charge in [0, 0.05) is 11.8 Å². The number of rotatable bonds is 4. The Balaban J connectivity index is 1.68. The fourth-order valence-electron chi connectivity index (χ4n) is 2.59. The van der Waals surface area contributed by atoms with E-state index in [2.05, 4.69) is 15.4 Å². The van der Waals surface area contributed by atoms with E-state index in [9.17, 15) is 9.18 Å². The third kappa shape index (κ3) is 2.87. The number of nitrogens with one attached hydrogen (secondary N) is 1. The minimum atomic E-state index is -0.342. The lowest BCUT2D eigenvalue weighted by atomic mass is 10.1. The molecule has 7 heteroatoms. The van der Waals surface area contributed by atoms with Gasteiger partial charge in [0.05, 0.1) is 24.7 Å². The van der Waals surface area contributed by atoms with Crippen molar-refractivity contribution < 1.29 is 13.6 Å². The molecular formula is C18H13FN4O2. The maximum absolute atomic E-state index is 13.5. The average molecular weight is 336 g/mol. The molecule has 0 bridgehead atoms. The number of fused-ring (bicyclic) bond motifs is 1. The lowest BCUT2D eigenvalue weighted by molar-refractivity contribution is 0.0949. The van der Waals surface area contributed by atoms with Crippen molar-refractivity contribution in [3.05, 3.63) is 78.3 Å². The van der Waals surface area contributed by atoms with E-state index in [4.69, 9.17) is 4.42 Å². The molecule has 3 aromatic heterocycles. The van der Waals surface area contributed by atoms with Gasteiger partial charge in [-0.25, -0.2) is 13.9 Å². The summed E-state index contributed by atoms with van der Waals surface area (Å²) in [7, 11) is 0. The summed E-state index contributed by atoms with van der Waals surface area (Å²) in [4.78, 5) is 16.6. The van der Waals surface area contributed by atoms with E-state index >= 15 is 0 Å². The lowest BCUT2D eigenvalue weighted by Crippen LogP contribution is -2.22. The van der Waals surface area contributed by atoms with Gasteiger partial charge in [-0.3, -0.25) is 4.79 Å². The minimum Gasteiger partial charge on any atom is -0.467 e. The van der Waals surface area contributed by atoms with E-state index in [0.717, 1.165) is 0 Å². The van der Waals surface area contributed by atoms with Gasteiger partial charge in [0.25, 0.3) is 5.91 Å². The summed E-state index contributed by atoms with van der Waals surface area (Å²) >= 11 is 0. The maximum atomic E-state index is 13.5. The van der Waals surface area contributed by atoms with Crippen LogP contribution in [0, 0.1) is 5.82 Å². The van der Waals surface area contributed by atoms with Crippen LogP contribution in [-0.2, 0) is 6.54 Å². The molecule has 0 spiro atoms. The Labute approximate surface area is 141 Å². The van der Waals surface area contributed by atoms with Crippen LogP contribution in [0.5, 0.6) is 0 Å². The number of hydrogen-bond donors (Lipinski definition) is 1. The van der Waals surface area contributed by atoms with Crippen LogP contribution >= 0.6 is 0 Å². The number of halogens is 1. The monoisotopic (exact) mass is 336 g/mol. The van der Waals surface area contributed by atoms with Crippen LogP contribution in [-0.4, -0.2) is 20.5 Å². The Morgan fingerprint density at radius 2 is 2.16 bits per heavy atom. The van der Waals surface area contributed by atoms with E-state index in [0.29, 0.717) is 28.2 Å². The minimum absolute atomic E-state index is 0.271. The fourth-order valence-corrected chi connectivity index (χ4v) is 2.59. The first kappa shape index (κ1) is 15.1. The Hall–Kier alpha value is -3.48. The van der Waals surface area contributed by atoms with E-state index in [-0.39, 0.29) is 18.3 Å². The molecular weight excluding hydrogens is 323 g/mol. The second kappa shape index (κ2) is 6.20. The van der Waals surface area contributed by atoms with Crippen molar-refractivity contribution >= 4 is 11.6 Å². The highest BCUT2D eigenvalue weighted by atomic mass is 19.1. The Morgan fingerprint density at radius 1 is 1.24 bits per heavy atom. The molecule has 0 aliphatic carbocycles. The highest BCUT2D eigenvalue weighted by Gasteiger charge is 2.16. The zero-order valence-electron chi connectivity index (χ0n) is 13.0. The van der Waals surface area contributed by atoms with Crippen molar-refractivity contribution in [2.45, 2.75) is 6.54 Å². The molecule has 6 nitrogen and oxygen atoms in total. The number of nitrogens with zero attached hydrogens (tertiary/aromatic N) is 3. The number of benzene rings is 1. The fraction of sp³-hybridized carbons (Fsp3) is 0.0556. The van der Waals surface area contributed by atoms with Crippen LogP contribution in [0.15, 0.2) is 65.5 Å². The van der Waals surface area contributed by atoms with E-state index in [1.54, 1.807) is 42.8 Å². The normalized spacial score (nSPS) is 10.9. The van der Waals surface area contributed by atoms with E-state index in [1.165, 1.54) is 22.8 Å². The van der Waals surface area contributed by atoms with Gasteiger partial charge >= 0.3 is 0 Å². The van der Waals surface area contributed by atoms with Gasteiger partial charge in [-0.2, -0.15) is 5.10 Å². The molecule has 25 heavy (non-hydrogen) atoms. The predicted octanol–water partition coefficient (Wildman–Crippen LogP) is 3.06. The molecule has 0 fully saturated rings. The van der Waals surface area contributed by atoms with Gasteiger partial charge in [0.15, 0.2) is 5.65 Å². The van der Waals surface area contributed by atoms with Gasteiger partial charge < -0.3 is 9.73 Å². The van der Waals surface area contributed by atoms with Crippen molar-refractivity contribution in [3.63, 3.8) is 0 Å². The zero-order chi connectivity index (χ0) is 17.2. The van der Waals surface area contributed by atoms with Crippen molar-refractivity contribution in [2.75, 3.05) is 0 Å². The van der Waals surface area contributed by atoms with Crippen LogP contribution in [0.1, 0.15) is 16.1 Å². The summed E-state index contributed by atoms with van der Waals surface area (Å²) in [5.41, 5.74) is 2.04. The van der Waals surface area contributed by atoms with Gasteiger partial charge in [0.1, 0.15) is 17.1 Å².